The quantitative estimate of drug-likeness (QED) is 0.831. The summed E-state index contributed by atoms with van der Waals surface area (Å²) < 4.78 is 5.55. The van der Waals surface area contributed by atoms with E-state index in [1.54, 1.807) is 18.2 Å². The standard InChI is InChI=1S/C16H17ClN2O2/c1-2-11-5-3-4-6-15(11)21-10-16(20)19-14-8-7-12(18)9-13(14)17/h3-9H,2,10,18H2,1H3,(H,19,20). The lowest BCUT2D eigenvalue weighted by molar-refractivity contribution is -0.118. The monoisotopic (exact) mass is 304 g/mol. The number of nitrogens with two attached hydrogens (primary N) is 1. The van der Waals surface area contributed by atoms with E-state index in [1.165, 1.54) is 0 Å². The number of halogens is 1. The number of carbonyl (C=O) groups excluding carboxylic acids is 1. The van der Waals surface area contributed by atoms with Crippen LogP contribution in [0.2, 0.25) is 5.02 Å². The fourth-order valence-corrected chi connectivity index (χ4v) is 2.14. The Balaban J connectivity index is 1.96. The minimum Gasteiger partial charge on any atom is -0.483 e. The first-order valence-electron chi connectivity index (χ1n) is 6.65. The number of benzene rings is 2. The SMILES string of the molecule is CCc1ccccc1OCC(=O)Nc1ccc(N)cc1Cl. The summed E-state index contributed by atoms with van der Waals surface area (Å²) in [5.74, 6) is 0.450. The molecule has 2 aromatic carbocycles. The second-order valence-electron chi connectivity index (χ2n) is 4.54. The number of aryl methyl sites for hydroxylation is 1. The van der Waals surface area contributed by atoms with Crippen LogP contribution in [0.4, 0.5) is 11.4 Å². The molecule has 0 saturated carbocycles. The van der Waals surface area contributed by atoms with Gasteiger partial charge in [-0.2, -0.15) is 0 Å². The Hall–Kier alpha value is -2.20. The van der Waals surface area contributed by atoms with Crippen molar-refractivity contribution in [2.75, 3.05) is 17.7 Å². The third-order valence-corrected chi connectivity index (χ3v) is 3.29. The Kier molecular flexibility index (Phi) is 5.06. The zero-order chi connectivity index (χ0) is 15.2. The molecule has 0 aliphatic rings. The molecule has 2 rings (SSSR count). The van der Waals surface area contributed by atoms with Crippen molar-refractivity contribution >= 4 is 28.9 Å². The van der Waals surface area contributed by atoms with E-state index in [9.17, 15) is 4.79 Å². The molecule has 1 amide bonds. The van der Waals surface area contributed by atoms with Crippen LogP contribution in [0, 0.1) is 0 Å². The van der Waals surface area contributed by atoms with Crippen molar-refractivity contribution in [3.63, 3.8) is 0 Å². The number of para-hydroxylation sites is 1. The Labute approximate surface area is 128 Å². The number of hydrogen-bond acceptors (Lipinski definition) is 3. The topological polar surface area (TPSA) is 64.3 Å². The summed E-state index contributed by atoms with van der Waals surface area (Å²) in [4.78, 5) is 11.9. The number of rotatable bonds is 5. The lowest BCUT2D eigenvalue weighted by atomic mass is 10.1. The molecule has 3 N–H and O–H groups in total. The molecule has 0 saturated heterocycles. The predicted molar refractivity (Wildman–Crippen MR) is 85.8 cm³/mol. The van der Waals surface area contributed by atoms with Gasteiger partial charge in [-0.25, -0.2) is 0 Å². The first kappa shape index (κ1) is 15.2. The average Bonchev–Trinajstić information content (AvgIpc) is 2.48. The highest BCUT2D eigenvalue weighted by Crippen LogP contribution is 2.24. The van der Waals surface area contributed by atoms with Gasteiger partial charge in [0.15, 0.2) is 6.61 Å². The molecule has 0 heterocycles. The van der Waals surface area contributed by atoms with Crippen LogP contribution in [-0.4, -0.2) is 12.5 Å². The van der Waals surface area contributed by atoms with Gasteiger partial charge < -0.3 is 15.8 Å². The van der Waals surface area contributed by atoms with Gasteiger partial charge in [-0.15, -0.1) is 0 Å². The molecule has 0 unspecified atom stereocenters. The molecular weight excluding hydrogens is 288 g/mol. The Morgan fingerprint density at radius 3 is 2.76 bits per heavy atom. The summed E-state index contributed by atoms with van der Waals surface area (Å²) in [6.45, 7) is 1.97. The largest absolute Gasteiger partial charge is 0.483 e. The number of nitrogen functional groups attached to an aromatic ring is 1. The first-order chi connectivity index (χ1) is 10.1. The highest BCUT2D eigenvalue weighted by Gasteiger charge is 2.08. The van der Waals surface area contributed by atoms with Crippen LogP contribution in [0.3, 0.4) is 0 Å². The Morgan fingerprint density at radius 2 is 2.05 bits per heavy atom. The Morgan fingerprint density at radius 1 is 1.29 bits per heavy atom. The van der Waals surface area contributed by atoms with Crippen LogP contribution in [0.15, 0.2) is 42.5 Å². The average molecular weight is 305 g/mol. The van der Waals surface area contributed by atoms with Crippen molar-refractivity contribution in [3.8, 4) is 5.75 Å². The molecular formula is C16H17ClN2O2. The summed E-state index contributed by atoms with van der Waals surface area (Å²) in [6.07, 6.45) is 0.849. The smallest absolute Gasteiger partial charge is 0.262 e. The third kappa shape index (κ3) is 4.13. The molecule has 4 nitrogen and oxygen atoms in total. The van der Waals surface area contributed by atoms with Crippen molar-refractivity contribution < 1.29 is 9.53 Å². The molecule has 110 valence electrons. The van der Waals surface area contributed by atoms with Crippen LogP contribution < -0.4 is 15.8 Å². The van der Waals surface area contributed by atoms with Gasteiger partial charge in [0.25, 0.3) is 5.91 Å². The summed E-state index contributed by atoms with van der Waals surface area (Å²) in [5, 5.41) is 3.09. The van der Waals surface area contributed by atoms with Crippen molar-refractivity contribution in [3.05, 3.63) is 53.1 Å². The molecule has 0 aromatic heterocycles. The number of amides is 1. The number of carbonyl (C=O) groups is 1. The molecule has 0 aliphatic heterocycles. The van der Waals surface area contributed by atoms with E-state index in [0.29, 0.717) is 16.4 Å². The minimum absolute atomic E-state index is 0.0717. The van der Waals surface area contributed by atoms with Crippen LogP contribution in [0.25, 0.3) is 0 Å². The second kappa shape index (κ2) is 6.99. The number of nitrogens with one attached hydrogen (secondary N) is 1. The fourth-order valence-electron chi connectivity index (χ4n) is 1.90. The van der Waals surface area contributed by atoms with Gasteiger partial charge in [-0.3, -0.25) is 4.79 Å². The number of hydrogen-bond donors (Lipinski definition) is 2. The van der Waals surface area contributed by atoms with E-state index >= 15 is 0 Å². The zero-order valence-corrected chi connectivity index (χ0v) is 12.5. The molecule has 21 heavy (non-hydrogen) atoms. The van der Waals surface area contributed by atoms with Gasteiger partial charge in [-0.05, 0) is 36.2 Å². The predicted octanol–water partition coefficient (Wildman–Crippen LogP) is 3.50. The van der Waals surface area contributed by atoms with Crippen molar-refractivity contribution in [1.82, 2.24) is 0 Å². The van der Waals surface area contributed by atoms with Gasteiger partial charge in [0.1, 0.15) is 5.75 Å². The van der Waals surface area contributed by atoms with E-state index in [2.05, 4.69) is 5.32 Å². The van der Waals surface area contributed by atoms with Crippen molar-refractivity contribution in [1.29, 1.82) is 0 Å². The van der Waals surface area contributed by atoms with Crippen LogP contribution in [0.5, 0.6) is 5.75 Å². The van der Waals surface area contributed by atoms with Crippen LogP contribution in [0.1, 0.15) is 12.5 Å². The second-order valence-corrected chi connectivity index (χ2v) is 4.94. The summed E-state index contributed by atoms with van der Waals surface area (Å²) in [6, 6.07) is 12.6. The Bertz CT molecular complexity index is 644. The van der Waals surface area contributed by atoms with Crippen LogP contribution in [-0.2, 0) is 11.2 Å². The van der Waals surface area contributed by atoms with Crippen molar-refractivity contribution in [2.24, 2.45) is 0 Å². The minimum atomic E-state index is -0.271. The van der Waals surface area contributed by atoms with Gasteiger partial charge in [0, 0.05) is 5.69 Å². The maximum Gasteiger partial charge on any atom is 0.262 e. The fraction of sp³-hybridized carbons (Fsp3) is 0.188. The van der Waals surface area contributed by atoms with Gasteiger partial charge in [0.2, 0.25) is 0 Å². The summed E-state index contributed by atoms with van der Waals surface area (Å²) >= 11 is 6.00. The number of ether oxygens (including phenoxy) is 1. The maximum absolute atomic E-state index is 11.9. The molecule has 0 fully saturated rings. The maximum atomic E-state index is 11.9. The summed E-state index contributed by atoms with van der Waals surface area (Å²) in [5.41, 5.74) is 7.73. The normalized spacial score (nSPS) is 10.2. The number of anilines is 2. The zero-order valence-electron chi connectivity index (χ0n) is 11.7. The lowest BCUT2D eigenvalue weighted by Gasteiger charge is -2.11. The van der Waals surface area contributed by atoms with Gasteiger partial charge in [0.05, 0.1) is 10.7 Å². The molecule has 0 spiro atoms. The van der Waals surface area contributed by atoms with E-state index in [1.807, 2.05) is 31.2 Å². The van der Waals surface area contributed by atoms with E-state index in [-0.39, 0.29) is 12.5 Å². The van der Waals surface area contributed by atoms with E-state index in [0.717, 1.165) is 17.7 Å². The van der Waals surface area contributed by atoms with Crippen molar-refractivity contribution in [2.45, 2.75) is 13.3 Å². The highest BCUT2D eigenvalue weighted by atomic mass is 35.5. The molecule has 0 atom stereocenters. The summed E-state index contributed by atoms with van der Waals surface area (Å²) in [7, 11) is 0. The molecule has 2 aromatic rings. The molecule has 0 radical (unpaired) electrons. The van der Waals surface area contributed by atoms with E-state index < -0.39 is 0 Å². The third-order valence-electron chi connectivity index (χ3n) is 2.98. The molecule has 0 bridgehead atoms. The lowest BCUT2D eigenvalue weighted by Crippen LogP contribution is -2.20. The van der Waals surface area contributed by atoms with Gasteiger partial charge >= 0.3 is 0 Å². The van der Waals surface area contributed by atoms with E-state index in [4.69, 9.17) is 22.1 Å². The molecule has 5 heteroatoms. The van der Waals surface area contributed by atoms with Gasteiger partial charge in [-0.1, -0.05) is 36.7 Å². The first-order valence-corrected chi connectivity index (χ1v) is 7.03. The van der Waals surface area contributed by atoms with Crippen LogP contribution >= 0.6 is 11.6 Å². The molecule has 0 aliphatic carbocycles. The highest BCUT2D eigenvalue weighted by molar-refractivity contribution is 6.34.